The van der Waals surface area contributed by atoms with Gasteiger partial charge in [0, 0.05) is 6.54 Å². The molecule has 0 saturated carbocycles. The fraction of sp³-hybridized carbons (Fsp3) is 0.750. The summed E-state index contributed by atoms with van der Waals surface area (Å²) in [6, 6.07) is -0.590. The molecule has 0 bridgehead atoms. The normalized spacial score (nSPS) is 28.9. The van der Waals surface area contributed by atoms with Gasteiger partial charge < -0.3 is 10.0 Å². The van der Waals surface area contributed by atoms with Crippen molar-refractivity contribution in [1.82, 2.24) is 4.90 Å². The molecule has 1 N–H and O–H groups in total. The maximum Gasteiger partial charge on any atom is 0.326 e. The molecule has 0 aliphatic carbocycles. The smallest absolute Gasteiger partial charge is 0.326 e. The zero-order chi connectivity index (χ0) is 9.14. The second-order valence-corrected chi connectivity index (χ2v) is 3.08. The summed E-state index contributed by atoms with van der Waals surface area (Å²) in [5.74, 6) is -0.751. The third-order valence-electron chi connectivity index (χ3n) is 2.47. The second kappa shape index (κ2) is 3.56. The molecule has 2 atom stereocenters. The maximum atomic E-state index is 10.7. The zero-order valence-corrected chi connectivity index (χ0v) is 7.06. The van der Waals surface area contributed by atoms with Gasteiger partial charge in [0.2, 0.25) is 6.41 Å². The van der Waals surface area contributed by atoms with Crippen molar-refractivity contribution in [3.63, 3.8) is 0 Å². The summed E-state index contributed by atoms with van der Waals surface area (Å²) < 4.78 is 0. The van der Waals surface area contributed by atoms with Crippen LogP contribution in [0.1, 0.15) is 19.8 Å². The number of carbonyl (C=O) groups is 2. The molecule has 1 aliphatic rings. The number of amides is 1. The van der Waals surface area contributed by atoms with Gasteiger partial charge in [-0.3, -0.25) is 4.79 Å². The highest BCUT2D eigenvalue weighted by atomic mass is 16.4. The largest absolute Gasteiger partial charge is 0.480 e. The number of aliphatic carboxylic acids is 1. The van der Waals surface area contributed by atoms with Crippen LogP contribution in [0.3, 0.4) is 0 Å². The van der Waals surface area contributed by atoms with Crippen molar-refractivity contribution in [2.75, 3.05) is 6.54 Å². The fourth-order valence-electron chi connectivity index (χ4n) is 1.77. The Labute approximate surface area is 71.2 Å². The van der Waals surface area contributed by atoms with Crippen LogP contribution in [0.25, 0.3) is 0 Å². The summed E-state index contributed by atoms with van der Waals surface area (Å²) in [7, 11) is 0. The van der Waals surface area contributed by atoms with Gasteiger partial charge >= 0.3 is 5.97 Å². The first-order chi connectivity index (χ1) is 5.70. The van der Waals surface area contributed by atoms with E-state index < -0.39 is 12.0 Å². The van der Waals surface area contributed by atoms with Gasteiger partial charge in [-0.2, -0.15) is 0 Å². The summed E-state index contributed by atoms with van der Waals surface area (Å²) in [6.45, 7) is 2.54. The molecule has 1 fully saturated rings. The molecule has 0 spiro atoms. The van der Waals surface area contributed by atoms with Crippen LogP contribution in [0.4, 0.5) is 0 Å². The first-order valence-corrected chi connectivity index (χ1v) is 4.14. The van der Waals surface area contributed by atoms with E-state index in [1.54, 1.807) is 0 Å². The average Bonchev–Trinajstić information content (AvgIpc) is 2.46. The Morgan fingerprint density at radius 1 is 1.75 bits per heavy atom. The van der Waals surface area contributed by atoms with Crippen LogP contribution in [0, 0.1) is 5.92 Å². The summed E-state index contributed by atoms with van der Waals surface area (Å²) in [4.78, 5) is 22.6. The number of carboxylic acid groups (broad SMARTS) is 1. The number of nitrogens with zero attached hydrogens (tertiary/aromatic N) is 1. The molecule has 0 aromatic heterocycles. The van der Waals surface area contributed by atoms with E-state index in [2.05, 4.69) is 0 Å². The lowest BCUT2D eigenvalue weighted by Gasteiger charge is -2.19. The van der Waals surface area contributed by atoms with Gasteiger partial charge in [0.15, 0.2) is 0 Å². The number of hydrogen-bond donors (Lipinski definition) is 1. The van der Waals surface area contributed by atoms with E-state index in [0.29, 0.717) is 13.0 Å². The lowest BCUT2D eigenvalue weighted by molar-refractivity contribution is -0.146. The topological polar surface area (TPSA) is 57.6 Å². The van der Waals surface area contributed by atoms with Crippen LogP contribution < -0.4 is 0 Å². The molecule has 1 saturated heterocycles. The molecule has 12 heavy (non-hydrogen) atoms. The van der Waals surface area contributed by atoms with Crippen molar-refractivity contribution in [2.24, 2.45) is 5.92 Å². The predicted octanol–water partition coefficient (Wildman–Crippen LogP) is 0.328. The minimum Gasteiger partial charge on any atom is -0.480 e. The molecule has 0 aromatic rings. The highest BCUT2D eigenvalue weighted by molar-refractivity contribution is 5.77. The molecular weight excluding hydrogens is 158 g/mol. The molecule has 1 rings (SSSR count). The highest BCUT2D eigenvalue weighted by Gasteiger charge is 2.37. The van der Waals surface area contributed by atoms with Crippen molar-refractivity contribution in [1.29, 1.82) is 0 Å². The Balaban J connectivity index is 2.71. The van der Waals surface area contributed by atoms with E-state index in [9.17, 15) is 9.59 Å². The number of likely N-dealkylation sites (tertiary alicyclic amines) is 1. The predicted molar refractivity (Wildman–Crippen MR) is 42.6 cm³/mol. The molecule has 0 radical (unpaired) electrons. The first kappa shape index (κ1) is 9.03. The van der Waals surface area contributed by atoms with E-state index in [1.807, 2.05) is 6.92 Å². The lowest BCUT2D eigenvalue weighted by Crippen LogP contribution is -2.38. The summed E-state index contributed by atoms with van der Waals surface area (Å²) >= 11 is 0. The van der Waals surface area contributed by atoms with Crippen LogP contribution in [0.15, 0.2) is 0 Å². The standard InChI is InChI=1S/C8H13NO3/c1-2-6-3-4-9(5-10)7(6)8(11)12/h5-7H,2-4H2,1H3,(H,11,12)/t6-,7-/m0/s1. The van der Waals surface area contributed by atoms with Gasteiger partial charge in [-0.1, -0.05) is 13.3 Å². The minimum atomic E-state index is -0.883. The third-order valence-corrected chi connectivity index (χ3v) is 2.47. The monoisotopic (exact) mass is 171 g/mol. The highest BCUT2D eigenvalue weighted by Crippen LogP contribution is 2.25. The number of carbonyl (C=O) groups excluding carboxylic acids is 1. The Bertz CT molecular complexity index is 193. The van der Waals surface area contributed by atoms with Crippen LogP contribution in [0.2, 0.25) is 0 Å². The first-order valence-electron chi connectivity index (χ1n) is 4.14. The Morgan fingerprint density at radius 3 is 2.83 bits per heavy atom. The lowest BCUT2D eigenvalue weighted by atomic mass is 9.98. The van der Waals surface area contributed by atoms with Gasteiger partial charge in [-0.15, -0.1) is 0 Å². The molecule has 4 nitrogen and oxygen atoms in total. The van der Waals surface area contributed by atoms with E-state index in [1.165, 1.54) is 4.90 Å². The molecule has 1 aliphatic heterocycles. The van der Waals surface area contributed by atoms with Crippen LogP contribution >= 0.6 is 0 Å². The molecule has 4 heteroatoms. The summed E-state index contributed by atoms with van der Waals surface area (Å²) in [5.41, 5.74) is 0. The summed E-state index contributed by atoms with van der Waals surface area (Å²) in [5, 5.41) is 8.82. The second-order valence-electron chi connectivity index (χ2n) is 3.08. The number of carboxylic acids is 1. The SMILES string of the molecule is CC[C@H]1CCN(C=O)[C@@H]1C(=O)O. The molecular formula is C8H13NO3. The Kier molecular flexibility index (Phi) is 2.68. The van der Waals surface area contributed by atoms with Crippen molar-refractivity contribution < 1.29 is 14.7 Å². The van der Waals surface area contributed by atoms with Gasteiger partial charge in [0.25, 0.3) is 0 Å². The molecule has 0 unspecified atom stereocenters. The van der Waals surface area contributed by atoms with Gasteiger partial charge in [0.05, 0.1) is 0 Å². The number of rotatable bonds is 3. The van der Waals surface area contributed by atoms with Crippen LogP contribution in [0.5, 0.6) is 0 Å². The van der Waals surface area contributed by atoms with E-state index in [4.69, 9.17) is 5.11 Å². The van der Waals surface area contributed by atoms with Crippen LogP contribution in [-0.2, 0) is 9.59 Å². The molecule has 1 amide bonds. The van der Waals surface area contributed by atoms with Crippen molar-refractivity contribution in [3.8, 4) is 0 Å². The quantitative estimate of drug-likeness (QED) is 0.622. The number of hydrogen-bond acceptors (Lipinski definition) is 2. The van der Waals surface area contributed by atoms with E-state index >= 15 is 0 Å². The minimum absolute atomic E-state index is 0.132. The van der Waals surface area contributed by atoms with Gasteiger partial charge in [-0.05, 0) is 12.3 Å². The van der Waals surface area contributed by atoms with E-state index in [0.717, 1.165) is 12.8 Å². The zero-order valence-electron chi connectivity index (χ0n) is 7.06. The third kappa shape index (κ3) is 1.42. The van der Waals surface area contributed by atoms with Crippen molar-refractivity contribution >= 4 is 12.4 Å². The summed E-state index contributed by atoms with van der Waals surface area (Å²) in [6.07, 6.45) is 2.27. The van der Waals surface area contributed by atoms with Gasteiger partial charge in [-0.25, -0.2) is 4.79 Å². The van der Waals surface area contributed by atoms with Crippen LogP contribution in [-0.4, -0.2) is 35.0 Å². The Morgan fingerprint density at radius 2 is 2.42 bits per heavy atom. The average molecular weight is 171 g/mol. The fourth-order valence-corrected chi connectivity index (χ4v) is 1.77. The Hall–Kier alpha value is -1.06. The molecule has 1 heterocycles. The van der Waals surface area contributed by atoms with Crippen molar-refractivity contribution in [3.05, 3.63) is 0 Å². The maximum absolute atomic E-state index is 10.7. The van der Waals surface area contributed by atoms with Gasteiger partial charge in [0.1, 0.15) is 6.04 Å². The molecule has 0 aromatic carbocycles. The molecule has 68 valence electrons. The van der Waals surface area contributed by atoms with Crippen molar-refractivity contribution in [2.45, 2.75) is 25.8 Å². The van der Waals surface area contributed by atoms with E-state index in [-0.39, 0.29) is 5.92 Å².